The average molecular weight is 340 g/mol. The van der Waals surface area contributed by atoms with Gasteiger partial charge in [0.2, 0.25) is 0 Å². The lowest BCUT2D eigenvalue weighted by Gasteiger charge is -2.08. The van der Waals surface area contributed by atoms with E-state index >= 15 is 0 Å². The summed E-state index contributed by atoms with van der Waals surface area (Å²) >= 11 is 0. The van der Waals surface area contributed by atoms with Crippen molar-refractivity contribution in [1.82, 2.24) is 20.0 Å². The number of aryl methyl sites for hydroxylation is 1. The lowest BCUT2D eigenvalue weighted by molar-refractivity contribution is 0.301. The van der Waals surface area contributed by atoms with Crippen molar-refractivity contribution in [3.63, 3.8) is 0 Å². The fraction of sp³-hybridized carbons (Fsp3) is 0.176. The minimum atomic E-state index is -0.498. The molecule has 0 atom stereocenters. The molecule has 4 rings (SSSR count). The molecule has 2 aromatic rings. The van der Waals surface area contributed by atoms with E-state index in [1.807, 2.05) is 0 Å². The Balaban J connectivity index is 1.58. The molecule has 1 aromatic heterocycles. The van der Waals surface area contributed by atoms with Gasteiger partial charge in [-0.1, -0.05) is 5.21 Å². The zero-order valence-corrected chi connectivity index (χ0v) is 13.1. The molecule has 0 unspecified atom stereocenters. The number of rotatable bonds is 5. The molecule has 0 bridgehead atoms. The van der Waals surface area contributed by atoms with E-state index in [2.05, 4.69) is 15.3 Å². The molecule has 1 aliphatic heterocycles. The Kier molecular flexibility index (Phi) is 3.85. The summed E-state index contributed by atoms with van der Waals surface area (Å²) < 4.78 is 25.1. The third-order valence-electron chi connectivity index (χ3n) is 3.61. The lowest BCUT2D eigenvalue weighted by atomic mass is 10.2. The van der Waals surface area contributed by atoms with Crippen LogP contribution in [0.3, 0.4) is 0 Å². The van der Waals surface area contributed by atoms with E-state index in [4.69, 9.17) is 9.15 Å². The molecule has 1 aliphatic carbocycles. The molecular formula is C17H13FN4O3. The SMILES string of the molecule is O=c1ccc2nc3ccc(OCc4cn(CCF)nn4)cc3oc-2c1. The van der Waals surface area contributed by atoms with Crippen LogP contribution in [0, 0.1) is 0 Å². The van der Waals surface area contributed by atoms with Gasteiger partial charge in [-0.15, -0.1) is 5.10 Å². The van der Waals surface area contributed by atoms with Crippen molar-refractivity contribution in [1.29, 1.82) is 0 Å². The summed E-state index contributed by atoms with van der Waals surface area (Å²) in [6, 6.07) is 9.73. The zero-order valence-electron chi connectivity index (χ0n) is 13.1. The average Bonchev–Trinajstić information content (AvgIpc) is 3.06. The molecule has 1 aromatic carbocycles. The van der Waals surface area contributed by atoms with Gasteiger partial charge in [-0.05, 0) is 24.3 Å². The van der Waals surface area contributed by atoms with Gasteiger partial charge >= 0.3 is 0 Å². The van der Waals surface area contributed by atoms with Crippen molar-refractivity contribution in [2.45, 2.75) is 13.2 Å². The second kappa shape index (κ2) is 6.31. The number of hydrogen-bond donors (Lipinski definition) is 0. The zero-order chi connectivity index (χ0) is 17.2. The maximum Gasteiger partial charge on any atom is 0.182 e. The molecule has 0 N–H and O–H groups in total. The lowest BCUT2D eigenvalue weighted by Crippen LogP contribution is -2.00. The second-order valence-corrected chi connectivity index (χ2v) is 5.42. The number of benzene rings is 2. The predicted molar refractivity (Wildman–Crippen MR) is 87.2 cm³/mol. The molecule has 0 fully saturated rings. The van der Waals surface area contributed by atoms with E-state index in [1.165, 1.54) is 16.8 Å². The molecular weight excluding hydrogens is 327 g/mol. The van der Waals surface area contributed by atoms with E-state index in [-0.39, 0.29) is 18.6 Å². The molecule has 7 nitrogen and oxygen atoms in total. The summed E-state index contributed by atoms with van der Waals surface area (Å²) in [6.45, 7) is -0.131. The first-order valence-corrected chi connectivity index (χ1v) is 7.64. The Morgan fingerprint density at radius 2 is 2.12 bits per heavy atom. The van der Waals surface area contributed by atoms with Crippen molar-refractivity contribution in [3.8, 4) is 17.2 Å². The number of alkyl halides is 1. The van der Waals surface area contributed by atoms with E-state index in [1.54, 1.807) is 30.5 Å². The summed E-state index contributed by atoms with van der Waals surface area (Å²) in [5.41, 5.74) is 2.24. The highest BCUT2D eigenvalue weighted by Crippen LogP contribution is 2.26. The van der Waals surface area contributed by atoms with Crippen LogP contribution >= 0.6 is 0 Å². The Morgan fingerprint density at radius 3 is 3.00 bits per heavy atom. The minimum Gasteiger partial charge on any atom is -0.487 e. The fourth-order valence-corrected chi connectivity index (χ4v) is 2.43. The Bertz CT molecular complexity index is 1060. The number of aromatic nitrogens is 4. The molecule has 2 aliphatic rings. The van der Waals surface area contributed by atoms with Crippen LogP contribution in [0.15, 0.2) is 51.8 Å². The van der Waals surface area contributed by atoms with Crippen molar-refractivity contribution in [2.75, 3.05) is 6.67 Å². The van der Waals surface area contributed by atoms with Gasteiger partial charge in [-0.3, -0.25) is 4.79 Å². The number of fused-ring (bicyclic) bond motifs is 2. The molecule has 0 amide bonds. The van der Waals surface area contributed by atoms with Crippen molar-refractivity contribution >= 4 is 11.1 Å². The predicted octanol–water partition coefficient (Wildman–Crippen LogP) is 2.43. The van der Waals surface area contributed by atoms with Crippen LogP contribution in [0.4, 0.5) is 4.39 Å². The third-order valence-corrected chi connectivity index (χ3v) is 3.61. The molecule has 0 saturated heterocycles. The fourth-order valence-electron chi connectivity index (χ4n) is 2.43. The highest BCUT2D eigenvalue weighted by molar-refractivity contribution is 5.77. The summed E-state index contributed by atoms with van der Waals surface area (Å²) in [5, 5.41) is 7.71. The monoisotopic (exact) mass is 340 g/mol. The Morgan fingerprint density at radius 1 is 1.20 bits per heavy atom. The van der Waals surface area contributed by atoms with Gasteiger partial charge in [-0.2, -0.15) is 0 Å². The number of hydrogen-bond acceptors (Lipinski definition) is 6. The Labute approximate surface area is 141 Å². The van der Waals surface area contributed by atoms with Crippen molar-refractivity contribution < 1.29 is 13.5 Å². The summed E-state index contributed by atoms with van der Waals surface area (Å²) in [6.07, 6.45) is 1.63. The summed E-state index contributed by atoms with van der Waals surface area (Å²) in [5.74, 6) is 0.988. The van der Waals surface area contributed by atoms with Crippen molar-refractivity contribution in [2.24, 2.45) is 0 Å². The quantitative estimate of drug-likeness (QED) is 0.519. The van der Waals surface area contributed by atoms with Crippen LogP contribution in [0.25, 0.3) is 22.6 Å². The molecule has 25 heavy (non-hydrogen) atoms. The van der Waals surface area contributed by atoms with Gasteiger partial charge in [-0.25, -0.2) is 14.1 Å². The number of ether oxygens (including phenoxy) is 1. The molecule has 126 valence electrons. The van der Waals surface area contributed by atoms with Crippen molar-refractivity contribution in [3.05, 3.63) is 58.5 Å². The maximum atomic E-state index is 12.3. The maximum absolute atomic E-state index is 12.3. The highest BCUT2D eigenvalue weighted by Gasteiger charge is 2.10. The summed E-state index contributed by atoms with van der Waals surface area (Å²) in [7, 11) is 0. The first-order chi connectivity index (χ1) is 12.2. The number of halogens is 1. The minimum absolute atomic E-state index is 0.138. The normalized spacial score (nSPS) is 11.2. The molecule has 8 heteroatoms. The summed E-state index contributed by atoms with van der Waals surface area (Å²) in [4.78, 5) is 15.9. The van der Waals surface area contributed by atoms with E-state index in [0.717, 1.165) is 0 Å². The molecule has 0 radical (unpaired) electrons. The first kappa shape index (κ1) is 15.3. The van der Waals surface area contributed by atoms with Gasteiger partial charge in [0, 0.05) is 12.1 Å². The van der Waals surface area contributed by atoms with Crippen LogP contribution in [0.1, 0.15) is 5.69 Å². The Hall–Kier alpha value is -3.29. The topological polar surface area (TPSA) is 83.0 Å². The van der Waals surface area contributed by atoms with Crippen LogP contribution < -0.4 is 10.2 Å². The number of nitrogens with zero attached hydrogens (tertiary/aromatic N) is 4. The van der Waals surface area contributed by atoms with Gasteiger partial charge in [0.15, 0.2) is 16.8 Å². The smallest absolute Gasteiger partial charge is 0.182 e. The molecule has 0 saturated carbocycles. The van der Waals surface area contributed by atoms with Crippen LogP contribution in [-0.2, 0) is 13.2 Å². The van der Waals surface area contributed by atoms with Crippen LogP contribution in [-0.4, -0.2) is 26.7 Å². The van der Waals surface area contributed by atoms with Gasteiger partial charge in [0.25, 0.3) is 0 Å². The van der Waals surface area contributed by atoms with E-state index < -0.39 is 6.67 Å². The van der Waals surface area contributed by atoms with Gasteiger partial charge in [0.05, 0.1) is 12.7 Å². The molecule has 0 spiro atoms. The van der Waals surface area contributed by atoms with Gasteiger partial charge in [0.1, 0.15) is 35.9 Å². The highest BCUT2D eigenvalue weighted by atomic mass is 19.1. The first-order valence-electron chi connectivity index (χ1n) is 7.64. The third kappa shape index (κ3) is 3.18. The standard InChI is InChI=1S/C17H13FN4O3/c18-5-6-22-9-11(20-21-22)10-24-13-2-4-15-17(8-13)25-16-7-12(23)1-3-14(16)19-15/h1-4,7-9H,5-6,10H2. The van der Waals surface area contributed by atoms with Crippen LogP contribution in [0.5, 0.6) is 5.75 Å². The van der Waals surface area contributed by atoms with E-state index in [0.29, 0.717) is 34.0 Å². The largest absolute Gasteiger partial charge is 0.487 e. The van der Waals surface area contributed by atoms with E-state index in [9.17, 15) is 9.18 Å². The van der Waals surface area contributed by atoms with Crippen LogP contribution in [0.2, 0.25) is 0 Å². The molecule has 2 heterocycles. The second-order valence-electron chi connectivity index (χ2n) is 5.42. The van der Waals surface area contributed by atoms with Gasteiger partial charge < -0.3 is 9.15 Å².